The quantitative estimate of drug-likeness (QED) is 0.733. The van der Waals surface area contributed by atoms with Crippen molar-refractivity contribution in [2.45, 2.75) is 25.0 Å². The number of rotatable bonds is 3. The average molecular weight is 378 g/mol. The summed E-state index contributed by atoms with van der Waals surface area (Å²) in [4.78, 5) is 22.7. The first kappa shape index (κ1) is 16.9. The topological polar surface area (TPSA) is 79.5 Å². The van der Waals surface area contributed by atoms with E-state index in [0.717, 1.165) is 42.0 Å². The molecular weight excluding hydrogens is 356 g/mol. The number of imidazole rings is 1. The Bertz CT molecular complexity index is 969. The number of fused-ring (bicyclic) bond motifs is 2. The number of nitrogens with one attached hydrogen (secondary N) is 2. The number of nitrogens with zero attached hydrogens (tertiary/aromatic N) is 2. The fraction of sp³-hybridized carbons (Fsp3) is 0.333. The van der Waals surface area contributed by atoms with Crippen LogP contribution in [-0.4, -0.2) is 46.7 Å². The lowest BCUT2D eigenvalue weighted by atomic mass is 10.2. The zero-order valence-electron chi connectivity index (χ0n) is 15.4. The summed E-state index contributed by atoms with van der Waals surface area (Å²) in [5.41, 5.74) is 1.92. The van der Waals surface area contributed by atoms with Gasteiger partial charge in [-0.3, -0.25) is 0 Å². The van der Waals surface area contributed by atoms with Crippen molar-refractivity contribution >= 4 is 17.1 Å². The largest absolute Gasteiger partial charge is 0.486 e. The number of urea groups is 1. The summed E-state index contributed by atoms with van der Waals surface area (Å²) in [5, 5.41) is 3.00. The summed E-state index contributed by atoms with van der Waals surface area (Å²) in [6, 6.07) is 15.4. The van der Waals surface area contributed by atoms with E-state index in [1.807, 2.05) is 53.4 Å². The normalized spacial score (nSPS) is 21.1. The van der Waals surface area contributed by atoms with Gasteiger partial charge in [0.1, 0.15) is 12.4 Å². The van der Waals surface area contributed by atoms with Crippen LogP contribution < -0.4 is 14.8 Å². The van der Waals surface area contributed by atoms with E-state index < -0.39 is 0 Å². The summed E-state index contributed by atoms with van der Waals surface area (Å²) in [6.45, 7) is 1.54. The molecule has 3 heterocycles. The third kappa shape index (κ3) is 3.13. The van der Waals surface area contributed by atoms with Gasteiger partial charge in [-0.05, 0) is 37.1 Å². The van der Waals surface area contributed by atoms with Crippen molar-refractivity contribution in [3.63, 3.8) is 0 Å². The van der Waals surface area contributed by atoms with E-state index in [4.69, 9.17) is 9.47 Å². The van der Waals surface area contributed by atoms with Crippen LogP contribution in [0.1, 0.15) is 24.7 Å². The Morgan fingerprint density at radius 3 is 2.89 bits per heavy atom. The van der Waals surface area contributed by atoms with Crippen LogP contribution in [0.15, 0.2) is 48.5 Å². The van der Waals surface area contributed by atoms with Crippen LogP contribution in [-0.2, 0) is 0 Å². The van der Waals surface area contributed by atoms with Gasteiger partial charge >= 0.3 is 6.03 Å². The minimum atomic E-state index is -0.203. The predicted octanol–water partition coefficient (Wildman–Crippen LogP) is 3.25. The minimum Gasteiger partial charge on any atom is -0.486 e. The second-order valence-electron chi connectivity index (χ2n) is 7.17. The van der Waals surface area contributed by atoms with Gasteiger partial charge in [-0.15, -0.1) is 0 Å². The Morgan fingerprint density at radius 1 is 1.18 bits per heavy atom. The monoisotopic (exact) mass is 378 g/mol. The number of carbonyl (C=O) groups excluding carboxylic acids is 1. The van der Waals surface area contributed by atoms with E-state index >= 15 is 0 Å². The third-order valence-electron chi connectivity index (χ3n) is 5.29. The van der Waals surface area contributed by atoms with Crippen LogP contribution >= 0.6 is 0 Å². The lowest BCUT2D eigenvalue weighted by molar-refractivity contribution is 0.0898. The SMILES string of the molecule is O=C(NCC1COc2ccccc2O1)N1CCC[C@H]1c1nc2ccccc2[nH]1. The first-order chi connectivity index (χ1) is 13.8. The third-order valence-corrected chi connectivity index (χ3v) is 5.29. The number of aromatic nitrogens is 2. The van der Waals surface area contributed by atoms with E-state index in [0.29, 0.717) is 18.9 Å². The smallest absolute Gasteiger partial charge is 0.318 e. The number of para-hydroxylation sites is 4. The van der Waals surface area contributed by atoms with Crippen LogP contribution in [0.3, 0.4) is 0 Å². The molecule has 7 heteroatoms. The Morgan fingerprint density at radius 2 is 2.00 bits per heavy atom. The molecule has 1 fully saturated rings. The highest BCUT2D eigenvalue weighted by atomic mass is 16.6. The van der Waals surface area contributed by atoms with Crippen LogP contribution in [0.25, 0.3) is 11.0 Å². The zero-order chi connectivity index (χ0) is 18.9. The first-order valence-electron chi connectivity index (χ1n) is 9.65. The number of benzene rings is 2. The summed E-state index contributed by atoms with van der Waals surface area (Å²) in [6.07, 6.45) is 1.67. The number of H-pyrrole nitrogens is 1. The van der Waals surface area contributed by atoms with Crippen molar-refractivity contribution in [1.29, 1.82) is 0 Å². The van der Waals surface area contributed by atoms with E-state index in [1.54, 1.807) is 0 Å². The first-order valence-corrected chi connectivity index (χ1v) is 9.65. The van der Waals surface area contributed by atoms with Crippen molar-refractivity contribution in [3.05, 3.63) is 54.4 Å². The van der Waals surface area contributed by atoms with E-state index in [9.17, 15) is 4.79 Å². The van der Waals surface area contributed by atoms with Crippen LogP contribution in [0.2, 0.25) is 0 Å². The highest BCUT2D eigenvalue weighted by Crippen LogP contribution is 2.32. The molecule has 2 amide bonds. The lowest BCUT2D eigenvalue weighted by Crippen LogP contribution is -2.46. The maximum atomic E-state index is 12.8. The van der Waals surface area contributed by atoms with Crippen molar-refractivity contribution in [1.82, 2.24) is 20.2 Å². The number of hydrogen-bond acceptors (Lipinski definition) is 4. The fourth-order valence-corrected chi connectivity index (χ4v) is 3.89. The summed E-state index contributed by atoms with van der Waals surface area (Å²) >= 11 is 0. The van der Waals surface area contributed by atoms with Crippen LogP contribution in [0.5, 0.6) is 11.5 Å². The standard InChI is InChI=1S/C21H22N4O3/c26-21(22-12-14-13-27-18-9-3-4-10-19(18)28-14)25-11-5-8-17(25)20-23-15-6-1-2-7-16(15)24-20/h1-4,6-7,9-10,14,17H,5,8,11-13H2,(H,22,26)(H,23,24)/t14?,17-/m0/s1. The predicted molar refractivity (Wildman–Crippen MR) is 105 cm³/mol. The van der Waals surface area contributed by atoms with E-state index in [-0.39, 0.29) is 18.2 Å². The van der Waals surface area contributed by atoms with Gasteiger partial charge in [0.25, 0.3) is 0 Å². The van der Waals surface area contributed by atoms with Gasteiger partial charge in [0.05, 0.1) is 23.6 Å². The molecule has 2 aromatic carbocycles. The van der Waals surface area contributed by atoms with Crippen molar-refractivity contribution < 1.29 is 14.3 Å². The fourth-order valence-electron chi connectivity index (χ4n) is 3.89. The molecule has 2 atom stereocenters. The van der Waals surface area contributed by atoms with E-state index in [1.165, 1.54) is 0 Å². The van der Waals surface area contributed by atoms with Gasteiger partial charge in [-0.2, -0.15) is 0 Å². The number of likely N-dealkylation sites (tertiary alicyclic amines) is 1. The molecule has 0 radical (unpaired) electrons. The van der Waals surface area contributed by atoms with Crippen molar-refractivity contribution in [2.75, 3.05) is 19.7 Å². The number of carbonyl (C=O) groups is 1. The lowest BCUT2D eigenvalue weighted by Gasteiger charge is -2.28. The highest BCUT2D eigenvalue weighted by Gasteiger charge is 2.32. The molecule has 2 aliphatic rings. The average Bonchev–Trinajstić information content (AvgIpc) is 3.38. The Hall–Kier alpha value is -3.22. The highest BCUT2D eigenvalue weighted by molar-refractivity contribution is 5.77. The number of aromatic amines is 1. The molecule has 1 unspecified atom stereocenters. The zero-order valence-corrected chi connectivity index (χ0v) is 15.4. The van der Waals surface area contributed by atoms with Gasteiger partial charge in [0.2, 0.25) is 0 Å². The number of amides is 2. The van der Waals surface area contributed by atoms with Crippen LogP contribution in [0, 0.1) is 0 Å². The van der Waals surface area contributed by atoms with Gasteiger partial charge < -0.3 is 24.7 Å². The molecule has 28 heavy (non-hydrogen) atoms. The molecule has 3 aromatic rings. The summed E-state index contributed by atoms with van der Waals surface area (Å²) in [5.74, 6) is 2.31. The molecule has 0 bridgehead atoms. The second-order valence-corrected chi connectivity index (χ2v) is 7.17. The Balaban J connectivity index is 1.23. The van der Waals surface area contributed by atoms with Crippen LogP contribution in [0.4, 0.5) is 4.79 Å². The molecule has 144 valence electrons. The maximum Gasteiger partial charge on any atom is 0.318 e. The van der Waals surface area contributed by atoms with Gasteiger partial charge in [-0.25, -0.2) is 9.78 Å². The second kappa shape index (κ2) is 7.07. The van der Waals surface area contributed by atoms with E-state index in [2.05, 4.69) is 15.3 Å². The molecule has 1 aromatic heterocycles. The molecule has 5 rings (SSSR count). The van der Waals surface area contributed by atoms with Crippen molar-refractivity contribution in [3.8, 4) is 11.5 Å². The molecule has 2 N–H and O–H groups in total. The number of ether oxygens (including phenoxy) is 2. The Kier molecular flexibility index (Phi) is 4.27. The number of hydrogen-bond donors (Lipinski definition) is 2. The van der Waals surface area contributed by atoms with Crippen molar-refractivity contribution in [2.24, 2.45) is 0 Å². The molecule has 0 aliphatic carbocycles. The molecule has 0 saturated carbocycles. The molecule has 7 nitrogen and oxygen atoms in total. The maximum absolute atomic E-state index is 12.8. The molecule has 0 spiro atoms. The molecule has 2 aliphatic heterocycles. The van der Waals surface area contributed by atoms with Gasteiger partial charge in [0, 0.05) is 6.54 Å². The summed E-state index contributed by atoms with van der Waals surface area (Å²) < 4.78 is 11.6. The molecular formula is C21H22N4O3. The van der Waals surface area contributed by atoms with Gasteiger partial charge in [0.15, 0.2) is 17.6 Å². The summed E-state index contributed by atoms with van der Waals surface area (Å²) in [7, 11) is 0. The molecule has 1 saturated heterocycles. The Labute approximate surface area is 162 Å². The minimum absolute atomic E-state index is 0.0309. The van der Waals surface area contributed by atoms with Gasteiger partial charge in [-0.1, -0.05) is 24.3 Å².